The van der Waals surface area contributed by atoms with Gasteiger partial charge in [0.05, 0.1) is 25.3 Å². The quantitative estimate of drug-likeness (QED) is 0.281. The highest BCUT2D eigenvalue weighted by Crippen LogP contribution is 2.32. The predicted octanol–water partition coefficient (Wildman–Crippen LogP) is 4.09. The third-order valence-electron chi connectivity index (χ3n) is 6.28. The fourth-order valence-electron chi connectivity index (χ4n) is 4.67. The SMILES string of the molecule is COc1cc2c(cn1)c(C(C)=O)c(C)n2-c1ccc(N2CCC(OCCOC(C)=O)CC2)cc1. The fourth-order valence-corrected chi connectivity index (χ4v) is 4.67. The molecule has 0 unspecified atom stereocenters. The van der Waals surface area contributed by atoms with Gasteiger partial charge in [0.1, 0.15) is 6.61 Å². The predicted molar refractivity (Wildman–Crippen MR) is 130 cm³/mol. The number of piperidine rings is 1. The first kappa shape index (κ1) is 23.8. The number of carbonyl (C=O) groups is 2. The Morgan fingerprint density at radius 2 is 1.74 bits per heavy atom. The lowest BCUT2D eigenvalue weighted by Crippen LogP contribution is -2.37. The summed E-state index contributed by atoms with van der Waals surface area (Å²) in [5, 5.41) is 0.825. The molecule has 0 amide bonds. The van der Waals surface area contributed by atoms with Crippen LogP contribution in [0.1, 0.15) is 42.7 Å². The number of Topliss-reactive ketones (excluding diaryl/α,β-unsaturated/α-hetero) is 1. The van der Waals surface area contributed by atoms with E-state index in [2.05, 4.69) is 38.7 Å². The van der Waals surface area contributed by atoms with Crippen molar-refractivity contribution >= 4 is 28.3 Å². The van der Waals surface area contributed by atoms with Crippen molar-refractivity contribution in [3.8, 4) is 11.6 Å². The molecule has 0 aliphatic carbocycles. The first-order chi connectivity index (χ1) is 16.4. The average molecular weight is 466 g/mol. The first-order valence-electron chi connectivity index (χ1n) is 11.6. The molecule has 8 nitrogen and oxygen atoms in total. The summed E-state index contributed by atoms with van der Waals surface area (Å²) in [7, 11) is 1.59. The number of benzene rings is 1. The van der Waals surface area contributed by atoms with Crippen LogP contribution < -0.4 is 9.64 Å². The normalized spacial score (nSPS) is 14.4. The van der Waals surface area contributed by atoms with E-state index >= 15 is 0 Å². The van der Waals surface area contributed by atoms with Gasteiger partial charge in [0.25, 0.3) is 0 Å². The molecule has 1 fully saturated rings. The molecule has 34 heavy (non-hydrogen) atoms. The number of aromatic nitrogens is 2. The van der Waals surface area contributed by atoms with Gasteiger partial charge < -0.3 is 23.7 Å². The van der Waals surface area contributed by atoms with Crippen molar-refractivity contribution in [2.75, 3.05) is 38.3 Å². The third kappa shape index (κ3) is 4.92. The number of esters is 1. The van der Waals surface area contributed by atoms with E-state index in [-0.39, 0.29) is 17.9 Å². The number of hydrogen-bond donors (Lipinski definition) is 0. The van der Waals surface area contributed by atoms with E-state index in [1.54, 1.807) is 20.2 Å². The Morgan fingerprint density at radius 1 is 1.06 bits per heavy atom. The summed E-state index contributed by atoms with van der Waals surface area (Å²) in [5.41, 5.74) is 4.61. The van der Waals surface area contributed by atoms with Gasteiger partial charge in [-0.05, 0) is 51.0 Å². The molecule has 1 aliphatic rings. The number of fused-ring (bicyclic) bond motifs is 1. The molecule has 3 heterocycles. The molecule has 2 aromatic heterocycles. The van der Waals surface area contributed by atoms with Crippen LogP contribution in [0.2, 0.25) is 0 Å². The standard InChI is InChI=1S/C26H31N3O5/c1-17-26(18(2)30)23-16-27-25(32-4)15-24(23)29(17)21-7-5-20(6-8-21)28-11-9-22(10-12-28)34-14-13-33-19(3)31/h5-8,15-16,22H,9-14H2,1-4H3. The van der Waals surface area contributed by atoms with Gasteiger partial charge in [-0.15, -0.1) is 0 Å². The van der Waals surface area contributed by atoms with Gasteiger partial charge in [0.2, 0.25) is 5.88 Å². The molecule has 3 aromatic rings. The van der Waals surface area contributed by atoms with Crippen LogP contribution in [0.4, 0.5) is 5.69 Å². The summed E-state index contributed by atoms with van der Waals surface area (Å²) in [4.78, 5) is 29.9. The largest absolute Gasteiger partial charge is 0.481 e. The number of anilines is 1. The van der Waals surface area contributed by atoms with E-state index in [9.17, 15) is 9.59 Å². The number of carbonyl (C=O) groups excluding carboxylic acids is 2. The van der Waals surface area contributed by atoms with Crippen molar-refractivity contribution in [2.24, 2.45) is 0 Å². The van der Waals surface area contributed by atoms with Crippen LogP contribution in [-0.4, -0.2) is 60.8 Å². The molecule has 180 valence electrons. The highest BCUT2D eigenvalue weighted by molar-refractivity contribution is 6.08. The van der Waals surface area contributed by atoms with Gasteiger partial charge >= 0.3 is 5.97 Å². The molecule has 8 heteroatoms. The van der Waals surface area contributed by atoms with Crippen LogP contribution >= 0.6 is 0 Å². The maximum atomic E-state index is 12.4. The van der Waals surface area contributed by atoms with Crippen LogP contribution in [-0.2, 0) is 14.3 Å². The molecule has 0 saturated carbocycles. The number of rotatable bonds is 8. The van der Waals surface area contributed by atoms with E-state index < -0.39 is 0 Å². The van der Waals surface area contributed by atoms with Crippen molar-refractivity contribution in [2.45, 2.75) is 39.7 Å². The lowest BCUT2D eigenvalue weighted by Gasteiger charge is -2.33. The van der Waals surface area contributed by atoms with E-state index in [1.807, 2.05) is 13.0 Å². The lowest BCUT2D eigenvalue weighted by atomic mass is 10.1. The zero-order valence-electron chi connectivity index (χ0n) is 20.2. The molecule has 0 bridgehead atoms. The van der Waals surface area contributed by atoms with Gasteiger partial charge in [-0.25, -0.2) is 4.98 Å². The van der Waals surface area contributed by atoms with Crippen LogP contribution in [0.15, 0.2) is 36.5 Å². The number of ketones is 1. The van der Waals surface area contributed by atoms with E-state index in [0.717, 1.165) is 53.9 Å². The van der Waals surface area contributed by atoms with E-state index in [1.165, 1.54) is 6.92 Å². The second kappa shape index (κ2) is 10.3. The van der Waals surface area contributed by atoms with E-state index in [0.29, 0.717) is 24.7 Å². The smallest absolute Gasteiger partial charge is 0.302 e. The van der Waals surface area contributed by atoms with Gasteiger partial charge in [-0.3, -0.25) is 9.59 Å². The number of pyridine rings is 1. The van der Waals surface area contributed by atoms with Gasteiger partial charge in [0, 0.05) is 60.3 Å². The molecule has 1 aromatic carbocycles. The second-order valence-corrected chi connectivity index (χ2v) is 8.51. The van der Waals surface area contributed by atoms with Crippen LogP contribution in [0.5, 0.6) is 5.88 Å². The number of methoxy groups -OCH3 is 1. The maximum Gasteiger partial charge on any atom is 0.302 e. The molecule has 0 radical (unpaired) electrons. The highest BCUT2D eigenvalue weighted by atomic mass is 16.6. The Balaban J connectivity index is 1.49. The Hall–Kier alpha value is -3.39. The third-order valence-corrected chi connectivity index (χ3v) is 6.28. The number of ether oxygens (including phenoxy) is 3. The van der Waals surface area contributed by atoms with Crippen LogP contribution in [0.25, 0.3) is 16.6 Å². The van der Waals surface area contributed by atoms with Gasteiger partial charge in [0.15, 0.2) is 5.78 Å². The molecule has 0 spiro atoms. The van der Waals surface area contributed by atoms with Crippen molar-refractivity contribution < 1.29 is 23.8 Å². The average Bonchev–Trinajstić information content (AvgIpc) is 3.13. The Morgan fingerprint density at radius 3 is 2.35 bits per heavy atom. The van der Waals surface area contributed by atoms with Gasteiger partial charge in [-0.1, -0.05) is 0 Å². The number of hydrogen-bond acceptors (Lipinski definition) is 7. The lowest BCUT2D eigenvalue weighted by molar-refractivity contribution is -0.143. The molecule has 0 N–H and O–H groups in total. The molecule has 4 rings (SSSR count). The van der Waals surface area contributed by atoms with Crippen LogP contribution in [0, 0.1) is 6.92 Å². The summed E-state index contributed by atoms with van der Waals surface area (Å²) in [6, 6.07) is 10.3. The Bertz CT molecular complexity index is 1180. The minimum Gasteiger partial charge on any atom is -0.481 e. The summed E-state index contributed by atoms with van der Waals surface area (Å²) in [6.45, 7) is 7.50. The van der Waals surface area contributed by atoms with Crippen molar-refractivity contribution in [3.63, 3.8) is 0 Å². The minimum atomic E-state index is -0.279. The zero-order valence-corrected chi connectivity index (χ0v) is 20.2. The molecule has 1 aliphatic heterocycles. The topological polar surface area (TPSA) is 82.9 Å². The van der Waals surface area contributed by atoms with Gasteiger partial charge in [-0.2, -0.15) is 0 Å². The minimum absolute atomic E-state index is 0.0165. The van der Waals surface area contributed by atoms with Crippen molar-refractivity contribution in [1.82, 2.24) is 9.55 Å². The fraction of sp³-hybridized carbons (Fsp3) is 0.423. The van der Waals surface area contributed by atoms with Crippen LogP contribution in [0.3, 0.4) is 0 Å². The molecular formula is C26H31N3O5. The van der Waals surface area contributed by atoms with Crippen molar-refractivity contribution in [1.29, 1.82) is 0 Å². The van der Waals surface area contributed by atoms with Crippen molar-refractivity contribution in [3.05, 3.63) is 47.8 Å². The summed E-state index contributed by atoms with van der Waals surface area (Å²) in [5.74, 6) is 0.247. The summed E-state index contributed by atoms with van der Waals surface area (Å²) in [6.07, 6.45) is 3.76. The molecule has 1 saturated heterocycles. The van der Waals surface area contributed by atoms with E-state index in [4.69, 9.17) is 14.2 Å². The maximum absolute atomic E-state index is 12.4. The summed E-state index contributed by atoms with van der Waals surface area (Å²) < 4.78 is 18.2. The Labute approximate surface area is 199 Å². The monoisotopic (exact) mass is 465 g/mol. The molecule has 0 atom stereocenters. The zero-order chi connectivity index (χ0) is 24.2. The highest BCUT2D eigenvalue weighted by Gasteiger charge is 2.22. The Kier molecular flexibility index (Phi) is 7.17. The second-order valence-electron chi connectivity index (χ2n) is 8.51. The molecular weight excluding hydrogens is 434 g/mol. The number of nitrogens with zero attached hydrogens (tertiary/aromatic N) is 3. The first-order valence-corrected chi connectivity index (χ1v) is 11.6. The summed E-state index contributed by atoms with van der Waals surface area (Å²) >= 11 is 0.